The Labute approximate surface area is 182 Å². The van der Waals surface area contributed by atoms with Crippen molar-refractivity contribution in [2.45, 2.75) is 33.3 Å². The Morgan fingerprint density at radius 1 is 1.19 bits per heavy atom. The number of amides is 2. The van der Waals surface area contributed by atoms with Crippen LogP contribution in [0, 0.1) is 6.92 Å². The van der Waals surface area contributed by atoms with Crippen LogP contribution in [0.15, 0.2) is 47.0 Å². The Kier molecular flexibility index (Phi) is 7.48. The van der Waals surface area contributed by atoms with Gasteiger partial charge >= 0.3 is 6.03 Å². The molecule has 0 spiro atoms. The van der Waals surface area contributed by atoms with Crippen LogP contribution < -0.4 is 14.8 Å². The lowest BCUT2D eigenvalue weighted by Gasteiger charge is -2.18. The van der Waals surface area contributed by atoms with Gasteiger partial charge in [-0.15, -0.1) is 0 Å². The third-order valence-electron chi connectivity index (χ3n) is 4.82. The molecule has 0 unspecified atom stereocenters. The zero-order valence-corrected chi connectivity index (χ0v) is 18.3. The number of aryl methyl sites for hydroxylation is 2. The summed E-state index contributed by atoms with van der Waals surface area (Å²) in [5.74, 6) is 2.28. The van der Waals surface area contributed by atoms with Crippen LogP contribution in [0.3, 0.4) is 0 Å². The monoisotopic (exact) mass is 424 g/mol. The molecule has 1 N–H and O–H groups in total. The molecule has 0 aliphatic heterocycles. The number of nitrogens with one attached hydrogen (secondary N) is 1. The van der Waals surface area contributed by atoms with Gasteiger partial charge < -0.3 is 24.2 Å². The number of nitrogens with zero attached hydrogens (tertiary/aromatic N) is 3. The van der Waals surface area contributed by atoms with E-state index in [1.165, 1.54) is 5.56 Å². The first-order chi connectivity index (χ1) is 15.0. The van der Waals surface area contributed by atoms with E-state index in [2.05, 4.69) is 22.4 Å². The van der Waals surface area contributed by atoms with E-state index in [4.69, 9.17) is 14.0 Å². The number of benzene rings is 2. The minimum Gasteiger partial charge on any atom is -0.495 e. The predicted octanol–water partition coefficient (Wildman–Crippen LogP) is 4.23. The molecule has 0 saturated carbocycles. The molecule has 0 aliphatic rings. The lowest BCUT2D eigenvalue weighted by molar-refractivity contribution is 0.222. The highest BCUT2D eigenvalue weighted by atomic mass is 16.5. The number of ether oxygens (including phenoxy) is 2. The van der Waals surface area contributed by atoms with E-state index in [9.17, 15) is 4.79 Å². The van der Waals surface area contributed by atoms with Gasteiger partial charge in [0.2, 0.25) is 0 Å². The van der Waals surface area contributed by atoms with E-state index in [0.29, 0.717) is 36.1 Å². The number of hydrogen-bond donors (Lipinski definition) is 1. The third kappa shape index (κ3) is 6.21. The van der Waals surface area contributed by atoms with Crippen molar-refractivity contribution in [2.24, 2.45) is 0 Å². The highest BCUT2D eigenvalue weighted by molar-refractivity contribution is 5.91. The highest BCUT2D eigenvalue weighted by Gasteiger charge is 2.14. The van der Waals surface area contributed by atoms with Crippen LogP contribution in [0.2, 0.25) is 0 Å². The summed E-state index contributed by atoms with van der Waals surface area (Å²) in [6.45, 7) is 4.69. The standard InChI is InChI=1S/C23H28N4O4/c1-5-17-7-9-18(10-8-17)30-15-22-25-21(26-31-22)12-13-27(3)23(28)24-19-14-16(2)6-11-20(19)29-4/h6-11,14H,5,12-13,15H2,1-4H3,(H,24,28). The normalized spacial score (nSPS) is 10.6. The second kappa shape index (κ2) is 10.5. The molecule has 0 fully saturated rings. The lowest BCUT2D eigenvalue weighted by Crippen LogP contribution is -2.33. The number of likely N-dealkylation sites (N-methyl/N-ethyl adjacent to an activating group) is 1. The van der Waals surface area contributed by atoms with Gasteiger partial charge in [-0.25, -0.2) is 4.79 Å². The van der Waals surface area contributed by atoms with Crippen LogP contribution >= 0.6 is 0 Å². The van der Waals surface area contributed by atoms with Crippen molar-refractivity contribution in [3.05, 3.63) is 65.3 Å². The van der Waals surface area contributed by atoms with Gasteiger partial charge in [0, 0.05) is 20.0 Å². The zero-order valence-electron chi connectivity index (χ0n) is 18.3. The maximum Gasteiger partial charge on any atom is 0.321 e. The summed E-state index contributed by atoms with van der Waals surface area (Å²) in [5, 5.41) is 6.83. The summed E-state index contributed by atoms with van der Waals surface area (Å²) in [6, 6.07) is 13.3. The van der Waals surface area contributed by atoms with Crippen LogP contribution in [0.25, 0.3) is 0 Å². The van der Waals surface area contributed by atoms with Crippen molar-refractivity contribution in [1.29, 1.82) is 0 Å². The summed E-state index contributed by atoms with van der Waals surface area (Å²) < 4.78 is 16.2. The topological polar surface area (TPSA) is 89.7 Å². The summed E-state index contributed by atoms with van der Waals surface area (Å²) in [7, 11) is 3.28. The van der Waals surface area contributed by atoms with E-state index in [1.807, 2.05) is 49.4 Å². The number of carbonyl (C=O) groups excluding carboxylic acids is 1. The van der Waals surface area contributed by atoms with E-state index in [-0.39, 0.29) is 12.6 Å². The van der Waals surface area contributed by atoms with Crippen molar-refractivity contribution in [2.75, 3.05) is 26.0 Å². The Balaban J connectivity index is 1.48. The first-order valence-electron chi connectivity index (χ1n) is 10.2. The molecule has 0 bridgehead atoms. The van der Waals surface area contributed by atoms with Gasteiger partial charge in [-0.05, 0) is 48.7 Å². The molecule has 8 heteroatoms. The quantitative estimate of drug-likeness (QED) is 0.553. The molecule has 0 radical (unpaired) electrons. The minimum atomic E-state index is -0.244. The summed E-state index contributed by atoms with van der Waals surface area (Å²) in [5.41, 5.74) is 2.91. The lowest BCUT2D eigenvalue weighted by atomic mass is 10.2. The van der Waals surface area contributed by atoms with Crippen molar-refractivity contribution >= 4 is 11.7 Å². The van der Waals surface area contributed by atoms with Crippen molar-refractivity contribution in [1.82, 2.24) is 15.0 Å². The average molecular weight is 425 g/mol. The summed E-state index contributed by atoms with van der Waals surface area (Å²) >= 11 is 0. The molecule has 2 amide bonds. The molecule has 0 atom stereocenters. The van der Waals surface area contributed by atoms with Gasteiger partial charge in [0.25, 0.3) is 5.89 Å². The number of urea groups is 1. The molecule has 1 heterocycles. The third-order valence-corrected chi connectivity index (χ3v) is 4.82. The number of rotatable bonds is 9. The van der Waals surface area contributed by atoms with Crippen LogP contribution in [0.1, 0.15) is 29.8 Å². The Morgan fingerprint density at radius 2 is 1.97 bits per heavy atom. The van der Waals surface area contributed by atoms with E-state index in [1.54, 1.807) is 19.1 Å². The maximum absolute atomic E-state index is 12.5. The fourth-order valence-electron chi connectivity index (χ4n) is 2.92. The van der Waals surface area contributed by atoms with Crippen LogP contribution in [-0.4, -0.2) is 41.8 Å². The zero-order chi connectivity index (χ0) is 22.2. The number of carbonyl (C=O) groups is 1. The Morgan fingerprint density at radius 3 is 2.68 bits per heavy atom. The van der Waals surface area contributed by atoms with E-state index in [0.717, 1.165) is 17.7 Å². The smallest absolute Gasteiger partial charge is 0.321 e. The summed E-state index contributed by atoms with van der Waals surface area (Å²) in [4.78, 5) is 18.4. The largest absolute Gasteiger partial charge is 0.495 e. The minimum absolute atomic E-state index is 0.196. The number of methoxy groups -OCH3 is 1. The number of anilines is 1. The fourth-order valence-corrected chi connectivity index (χ4v) is 2.92. The molecule has 2 aromatic carbocycles. The molecule has 8 nitrogen and oxygen atoms in total. The SMILES string of the molecule is CCc1ccc(OCc2nc(CCN(C)C(=O)Nc3cc(C)ccc3OC)no2)cc1. The molecule has 164 valence electrons. The average Bonchev–Trinajstić information content (AvgIpc) is 3.24. The fraction of sp³-hybridized carbons (Fsp3) is 0.348. The van der Waals surface area contributed by atoms with E-state index < -0.39 is 0 Å². The van der Waals surface area contributed by atoms with Gasteiger partial charge in [-0.3, -0.25) is 0 Å². The molecule has 3 aromatic rings. The van der Waals surface area contributed by atoms with Crippen molar-refractivity contribution in [3.8, 4) is 11.5 Å². The number of hydrogen-bond acceptors (Lipinski definition) is 6. The van der Waals surface area contributed by atoms with Gasteiger partial charge in [0.1, 0.15) is 11.5 Å². The number of aromatic nitrogens is 2. The van der Waals surface area contributed by atoms with Crippen LogP contribution in [-0.2, 0) is 19.4 Å². The van der Waals surface area contributed by atoms with Gasteiger partial charge in [-0.1, -0.05) is 30.3 Å². The molecular formula is C23H28N4O4. The van der Waals surface area contributed by atoms with Crippen LogP contribution in [0.5, 0.6) is 11.5 Å². The molecule has 3 rings (SSSR count). The second-order valence-corrected chi connectivity index (χ2v) is 7.20. The predicted molar refractivity (Wildman–Crippen MR) is 118 cm³/mol. The van der Waals surface area contributed by atoms with Crippen LogP contribution in [0.4, 0.5) is 10.5 Å². The first-order valence-corrected chi connectivity index (χ1v) is 10.2. The second-order valence-electron chi connectivity index (χ2n) is 7.20. The molecule has 0 aliphatic carbocycles. The van der Waals surface area contributed by atoms with Gasteiger partial charge in [0.05, 0.1) is 12.8 Å². The molecule has 0 saturated heterocycles. The molecule has 1 aromatic heterocycles. The summed E-state index contributed by atoms with van der Waals surface area (Å²) in [6.07, 6.45) is 1.45. The molecular weight excluding hydrogens is 396 g/mol. The maximum atomic E-state index is 12.5. The van der Waals surface area contributed by atoms with Gasteiger partial charge in [0.15, 0.2) is 12.4 Å². The van der Waals surface area contributed by atoms with Crippen molar-refractivity contribution in [3.63, 3.8) is 0 Å². The Bertz CT molecular complexity index is 1000. The first kappa shape index (κ1) is 22.1. The van der Waals surface area contributed by atoms with Crippen molar-refractivity contribution < 1.29 is 18.8 Å². The Hall–Kier alpha value is -3.55. The van der Waals surface area contributed by atoms with E-state index >= 15 is 0 Å². The van der Waals surface area contributed by atoms with Gasteiger partial charge in [-0.2, -0.15) is 4.98 Å². The molecule has 31 heavy (non-hydrogen) atoms. The highest BCUT2D eigenvalue weighted by Crippen LogP contribution is 2.25.